The van der Waals surface area contributed by atoms with E-state index in [1.165, 1.54) is 16.9 Å². The topological polar surface area (TPSA) is 39.9 Å². The number of nitrogens with zero attached hydrogens (tertiary/aromatic N) is 3. The van der Waals surface area contributed by atoms with Crippen molar-refractivity contribution in [2.45, 2.75) is 26.6 Å². The van der Waals surface area contributed by atoms with E-state index < -0.39 is 11.7 Å². The normalized spacial score (nSPS) is 11.6. The van der Waals surface area contributed by atoms with Gasteiger partial charge in [-0.05, 0) is 61.9 Å². The molecule has 0 amide bonds. The predicted octanol–water partition coefficient (Wildman–Crippen LogP) is 5.24. The van der Waals surface area contributed by atoms with Crippen LogP contribution in [0.3, 0.4) is 0 Å². The Balaban J connectivity index is 1.75. The number of aromatic nitrogens is 3. The summed E-state index contributed by atoms with van der Waals surface area (Å²) in [5.74, 6) is 0.703. The van der Waals surface area contributed by atoms with Gasteiger partial charge in [-0.25, -0.2) is 0 Å². The minimum absolute atomic E-state index is 0.216. The van der Waals surface area contributed by atoms with Crippen LogP contribution in [0.25, 0.3) is 5.69 Å². The minimum atomic E-state index is -4.37. The molecule has 1 aromatic heterocycles. The second-order valence-corrected chi connectivity index (χ2v) is 6.62. The number of rotatable bonds is 4. The number of aryl methyl sites for hydroxylation is 2. The highest BCUT2D eigenvalue weighted by Gasteiger charge is 2.30. The summed E-state index contributed by atoms with van der Waals surface area (Å²) < 4.78 is 44.7. The molecule has 136 valence electrons. The summed E-state index contributed by atoms with van der Waals surface area (Å²) in [7, 11) is 0. The van der Waals surface area contributed by atoms with E-state index >= 15 is 0 Å². The van der Waals surface area contributed by atoms with Crippen LogP contribution >= 0.6 is 15.9 Å². The summed E-state index contributed by atoms with van der Waals surface area (Å²) in [5, 5.41) is 8.57. The van der Waals surface area contributed by atoms with Crippen molar-refractivity contribution in [1.82, 2.24) is 15.0 Å². The van der Waals surface area contributed by atoms with Gasteiger partial charge in [0.25, 0.3) is 0 Å². The van der Waals surface area contributed by atoms with Gasteiger partial charge < -0.3 is 4.74 Å². The van der Waals surface area contributed by atoms with E-state index in [1.54, 1.807) is 6.92 Å². The molecule has 0 aliphatic heterocycles. The Bertz CT molecular complexity index is 920. The Labute approximate surface area is 156 Å². The van der Waals surface area contributed by atoms with Crippen molar-refractivity contribution in [3.05, 3.63) is 69.5 Å². The molecule has 0 unspecified atom stereocenters. The molecule has 0 radical (unpaired) electrons. The van der Waals surface area contributed by atoms with E-state index in [0.29, 0.717) is 22.8 Å². The Hall–Kier alpha value is -2.35. The quantitative estimate of drug-likeness (QED) is 0.573. The average molecular weight is 426 g/mol. The SMILES string of the molecule is Cc1cc(OCc2nn(-c3ccc(C(F)(F)F)cc3)nc2C)ccc1Br. The van der Waals surface area contributed by atoms with Gasteiger partial charge in [-0.2, -0.15) is 23.1 Å². The maximum absolute atomic E-state index is 12.6. The highest BCUT2D eigenvalue weighted by atomic mass is 79.9. The largest absolute Gasteiger partial charge is 0.487 e. The van der Waals surface area contributed by atoms with Crippen molar-refractivity contribution in [3.63, 3.8) is 0 Å². The molecule has 3 aromatic rings. The van der Waals surface area contributed by atoms with E-state index in [4.69, 9.17) is 4.74 Å². The van der Waals surface area contributed by atoms with Crippen molar-refractivity contribution in [2.24, 2.45) is 0 Å². The Morgan fingerprint density at radius 1 is 1.04 bits per heavy atom. The van der Waals surface area contributed by atoms with Crippen molar-refractivity contribution in [1.29, 1.82) is 0 Å². The molecule has 3 rings (SSSR count). The number of ether oxygens (including phenoxy) is 1. The summed E-state index contributed by atoms with van der Waals surface area (Å²) in [6.45, 7) is 3.95. The monoisotopic (exact) mass is 425 g/mol. The van der Waals surface area contributed by atoms with Crippen molar-refractivity contribution in [2.75, 3.05) is 0 Å². The predicted molar refractivity (Wildman–Crippen MR) is 94.3 cm³/mol. The Kier molecular flexibility index (Phi) is 5.04. The van der Waals surface area contributed by atoms with Crippen LogP contribution in [0.2, 0.25) is 0 Å². The lowest BCUT2D eigenvalue weighted by atomic mass is 10.2. The molecule has 1 heterocycles. The minimum Gasteiger partial charge on any atom is -0.487 e. The number of hydrogen-bond acceptors (Lipinski definition) is 3. The lowest BCUT2D eigenvalue weighted by molar-refractivity contribution is -0.137. The molecule has 0 saturated heterocycles. The Morgan fingerprint density at radius 2 is 1.73 bits per heavy atom. The summed E-state index contributed by atoms with van der Waals surface area (Å²) in [4.78, 5) is 1.31. The van der Waals surface area contributed by atoms with Gasteiger partial charge >= 0.3 is 6.18 Å². The van der Waals surface area contributed by atoms with Gasteiger partial charge in [0.05, 0.1) is 16.9 Å². The van der Waals surface area contributed by atoms with E-state index in [1.807, 2.05) is 25.1 Å². The van der Waals surface area contributed by atoms with Gasteiger partial charge in [-0.15, -0.1) is 5.10 Å². The molecular weight excluding hydrogens is 411 g/mol. The summed E-state index contributed by atoms with van der Waals surface area (Å²) in [6, 6.07) is 10.3. The molecule has 8 heteroatoms. The van der Waals surface area contributed by atoms with Crippen LogP contribution in [-0.4, -0.2) is 15.0 Å². The zero-order valence-electron chi connectivity index (χ0n) is 14.0. The van der Waals surface area contributed by atoms with Gasteiger partial charge in [0.2, 0.25) is 0 Å². The first kappa shape index (κ1) is 18.4. The van der Waals surface area contributed by atoms with Gasteiger partial charge in [0, 0.05) is 4.47 Å². The molecule has 0 bridgehead atoms. The van der Waals surface area contributed by atoms with E-state index in [2.05, 4.69) is 26.1 Å². The zero-order valence-corrected chi connectivity index (χ0v) is 15.6. The molecule has 26 heavy (non-hydrogen) atoms. The maximum atomic E-state index is 12.6. The van der Waals surface area contributed by atoms with Crippen molar-refractivity contribution in [3.8, 4) is 11.4 Å². The lowest BCUT2D eigenvalue weighted by Crippen LogP contribution is -2.06. The smallest absolute Gasteiger partial charge is 0.416 e. The fraction of sp³-hybridized carbons (Fsp3) is 0.222. The third-order valence-corrected chi connectivity index (χ3v) is 4.70. The lowest BCUT2D eigenvalue weighted by Gasteiger charge is -2.07. The first-order chi connectivity index (χ1) is 12.2. The van der Waals surface area contributed by atoms with Gasteiger partial charge in [0.1, 0.15) is 18.1 Å². The maximum Gasteiger partial charge on any atom is 0.416 e. The number of benzene rings is 2. The average Bonchev–Trinajstić information content (AvgIpc) is 2.96. The molecule has 0 aliphatic carbocycles. The first-order valence-corrected chi connectivity index (χ1v) is 8.53. The fourth-order valence-corrected chi connectivity index (χ4v) is 2.55. The standard InChI is InChI=1S/C18H15BrF3N3O/c1-11-9-15(7-8-16(11)19)26-10-17-12(2)23-25(24-17)14-5-3-13(4-6-14)18(20,21)22/h3-9H,10H2,1-2H3. The first-order valence-electron chi connectivity index (χ1n) is 7.73. The van der Waals surface area contributed by atoms with E-state index in [0.717, 1.165) is 22.2 Å². The molecular formula is C18H15BrF3N3O. The number of hydrogen-bond donors (Lipinski definition) is 0. The molecule has 0 spiro atoms. The molecule has 0 saturated carbocycles. The summed E-state index contributed by atoms with van der Waals surface area (Å²) in [5.41, 5.74) is 2.06. The van der Waals surface area contributed by atoms with Gasteiger partial charge in [-0.1, -0.05) is 15.9 Å². The summed E-state index contributed by atoms with van der Waals surface area (Å²) >= 11 is 3.43. The highest BCUT2D eigenvalue weighted by Crippen LogP contribution is 2.29. The van der Waals surface area contributed by atoms with Crippen LogP contribution in [0.15, 0.2) is 46.9 Å². The summed E-state index contributed by atoms with van der Waals surface area (Å²) in [6.07, 6.45) is -4.37. The zero-order chi connectivity index (χ0) is 18.9. The molecule has 4 nitrogen and oxygen atoms in total. The molecule has 2 aromatic carbocycles. The van der Waals surface area contributed by atoms with Crippen LogP contribution in [0.4, 0.5) is 13.2 Å². The molecule has 0 aliphatic rings. The molecule has 0 N–H and O–H groups in total. The van der Waals surface area contributed by atoms with Crippen LogP contribution < -0.4 is 4.74 Å². The van der Waals surface area contributed by atoms with E-state index in [9.17, 15) is 13.2 Å². The van der Waals surface area contributed by atoms with Crippen LogP contribution in [0, 0.1) is 13.8 Å². The van der Waals surface area contributed by atoms with Crippen LogP contribution in [0.5, 0.6) is 5.75 Å². The van der Waals surface area contributed by atoms with Crippen LogP contribution in [-0.2, 0) is 12.8 Å². The second-order valence-electron chi connectivity index (χ2n) is 5.77. The van der Waals surface area contributed by atoms with Crippen LogP contribution in [0.1, 0.15) is 22.5 Å². The van der Waals surface area contributed by atoms with Crippen molar-refractivity contribution >= 4 is 15.9 Å². The fourth-order valence-electron chi connectivity index (χ4n) is 2.30. The third kappa shape index (κ3) is 4.07. The number of alkyl halides is 3. The van der Waals surface area contributed by atoms with E-state index in [-0.39, 0.29) is 6.61 Å². The van der Waals surface area contributed by atoms with Gasteiger partial charge in [-0.3, -0.25) is 0 Å². The van der Waals surface area contributed by atoms with Crippen molar-refractivity contribution < 1.29 is 17.9 Å². The highest BCUT2D eigenvalue weighted by molar-refractivity contribution is 9.10. The second kappa shape index (κ2) is 7.11. The Morgan fingerprint density at radius 3 is 2.35 bits per heavy atom. The number of halogens is 4. The molecule has 0 atom stereocenters. The van der Waals surface area contributed by atoms with Gasteiger partial charge in [0.15, 0.2) is 0 Å². The third-order valence-electron chi connectivity index (χ3n) is 3.81. The molecule has 0 fully saturated rings.